The van der Waals surface area contributed by atoms with Crippen molar-refractivity contribution in [3.05, 3.63) is 76.9 Å². The van der Waals surface area contributed by atoms with Gasteiger partial charge in [-0.05, 0) is 64.8 Å². The second-order valence-electron chi connectivity index (χ2n) is 6.99. The number of benzene rings is 3. The van der Waals surface area contributed by atoms with E-state index in [0.29, 0.717) is 18.4 Å². The number of ether oxygens (including phenoxy) is 1. The maximum Gasteiger partial charge on any atom is 0.573 e. The number of halogens is 5. The molecule has 6 heteroatoms. The summed E-state index contributed by atoms with van der Waals surface area (Å²) in [6.07, 6.45) is -2.87. The van der Waals surface area contributed by atoms with Gasteiger partial charge in [-0.3, -0.25) is 0 Å². The van der Waals surface area contributed by atoms with Crippen LogP contribution in [0, 0.1) is 11.6 Å². The van der Waals surface area contributed by atoms with Crippen LogP contribution in [-0.4, -0.2) is 6.36 Å². The van der Waals surface area contributed by atoms with Gasteiger partial charge in [0.25, 0.3) is 0 Å². The molecule has 0 unspecified atom stereocenters. The van der Waals surface area contributed by atoms with Gasteiger partial charge in [0.05, 0.1) is 0 Å². The van der Waals surface area contributed by atoms with Crippen LogP contribution in [0.2, 0.25) is 0 Å². The van der Waals surface area contributed by atoms with Gasteiger partial charge in [-0.25, -0.2) is 8.78 Å². The molecule has 1 nitrogen and oxygen atoms in total. The predicted octanol–water partition coefficient (Wildman–Crippen LogP) is 6.86. The fourth-order valence-electron chi connectivity index (χ4n) is 3.81. The summed E-state index contributed by atoms with van der Waals surface area (Å²) in [5.41, 5.74) is 5.01. The number of rotatable bonds is 3. The Bertz CT molecular complexity index is 1090. The van der Waals surface area contributed by atoms with Crippen LogP contribution in [0.5, 0.6) is 5.75 Å². The zero-order valence-electron chi connectivity index (χ0n) is 15.5. The molecule has 3 aromatic carbocycles. The van der Waals surface area contributed by atoms with Crippen molar-refractivity contribution in [2.45, 2.75) is 32.5 Å². The molecule has 0 saturated heterocycles. The Morgan fingerprint density at radius 3 is 2.28 bits per heavy atom. The first-order valence-electron chi connectivity index (χ1n) is 9.26. The molecular weight excluding hydrogens is 387 g/mol. The molecule has 150 valence electrons. The van der Waals surface area contributed by atoms with Crippen molar-refractivity contribution in [1.82, 2.24) is 0 Å². The van der Waals surface area contributed by atoms with Crippen LogP contribution < -0.4 is 4.74 Å². The van der Waals surface area contributed by atoms with Crippen molar-refractivity contribution < 1.29 is 26.7 Å². The highest BCUT2D eigenvalue weighted by Gasteiger charge is 2.32. The molecule has 0 fully saturated rings. The van der Waals surface area contributed by atoms with Gasteiger partial charge in [0.15, 0.2) is 11.6 Å². The lowest BCUT2D eigenvalue weighted by atomic mass is 9.83. The van der Waals surface area contributed by atoms with E-state index in [1.807, 2.05) is 12.1 Å². The molecule has 0 bridgehead atoms. The van der Waals surface area contributed by atoms with Crippen molar-refractivity contribution in [3.63, 3.8) is 0 Å². The Morgan fingerprint density at radius 1 is 0.862 bits per heavy atom. The van der Waals surface area contributed by atoms with E-state index in [9.17, 15) is 17.6 Å². The molecule has 0 spiro atoms. The summed E-state index contributed by atoms with van der Waals surface area (Å²) in [4.78, 5) is 0. The molecule has 29 heavy (non-hydrogen) atoms. The van der Waals surface area contributed by atoms with Crippen molar-refractivity contribution in [2.24, 2.45) is 0 Å². The van der Waals surface area contributed by atoms with Crippen LogP contribution >= 0.6 is 0 Å². The van der Waals surface area contributed by atoms with E-state index >= 15 is 4.39 Å². The smallest absolute Gasteiger partial charge is 0.403 e. The first-order valence-corrected chi connectivity index (χ1v) is 9.26. The summed E-state index contributed by atoms with van der Waals surface area (Å²) in [6, 6.07) is 12.4. The largest absolute Gasteiger partial charge is 0.573 e. The highest BCUT2D eigenvalue weighted by molar-refractivity contribution is 5.78. The Morgan fingerprint density at radius 2 is 1.59 bits per heavy atom. The third-order valence-corrected chi connectivity index (χ3v) is 5.22. The summed E-state index contributed by atoms with van der Waals surface area (Å²) in [6.45, 7) is 2.08. The van der Waals surface area contributed by atoms with Crippen molar-refractivity contribution in [2.75, 3.05) is 0 Å². The van der Waals surface area contributed by atoms with Crippen molar-refractivity contribution in [1.29, 1.82) is 0 Å². The van der Waals surface area contributed by atoms with Gasteiger partial charge in [0, 0.05) is 5.56 Å². The highest BCUT2D eigenvalue weighted by atomic mass is 19.4. The lowest BCUT2D eigenvalue weighted by Crippen LogP contribution is -2.17. The SMILES string of the molecule is CCc1ccc2c(c1)CCc1c-2ccc(-c2ccc(OC(F)(F)F)c(F)c2)c1F. The fraction of sp³-hybridized carbons (Fsp3) is 0.217. The molecule has 0 atom stereocenters. The van der Waals surface area contributed by atoms with E-state index in [4.69, 9.17) is 0 Å². The molecular formula is C23H17F5O. The molecule has 0 aliphatic heterocycles. The maximum absolute atomic E-state index is 15.2. The predicted molar refractivity (Wildman–Crippen MR) is 101 cm³/mol. The summed E-state index contributed by atoms with van der Waals surface area (Å²) in [7, 11) is 0. The number of aryl methyl sites for hydroxylation is 2. The average molecular weight is 404 g/mol. The minimum atomic E-state index is -5.00. The van der Waals surface area contributed by atoms with Gasteiger partial charge < -0.3 is 4.74 Å². The highest BCUT2D eigenvalue weighted by Crippen LogP contribution is 2.39. The normalized spacial score (nSPS) is 13.0. The van der Waals surface area contributed by atoms with Crippen LogP contribution in [-0.2, 0) is 19.3 Å². The molecule has 0 heterocycles. The third kappa shape index (κ3) is 3.71. The minimum Gasteiger partial charge on any atom is -0.403 e. The molecule has 1 aliphatic rings. The average Bonchev–Trinajstić information content (AvgIpc) is 2.68. The first-order chi connectivity index (χ1) is 13.8. The Hall–Kier alpha value is -2.89. The number of hydrogen-bond donors (Lipinski definition) is 0. The molecule has 0 amide bonds. The summed E-state index contributed by atoms with van der Waals surface area (Å²) < 4.78 is 69.9. The van der Waals surface area contributed by atoms with E-state index in [1.165, 1.54) is 23.3 Å². The van der Waals surface area contributed by atoms with Crippen LogP contribution in [0.1, 0.15) is 23.6 Å². The van der Waals surface area contributed by atoms with Crippen LogP contribution in [0.25, 0.3) is 22.3 Å². The Labute approximate surface area is 164 Å². The first kappa shape index (κ1) is 19.4. The molecule has 0 radical (unpaired) electrons. The third-order valence-electron chi connectivity index (χ3n) is 5.22. The Balaban J connectivity index is 1.74. The zero-order valence-corrected chi connectivity index (χ0v) is 15.5. The van der Waals surface area contributed by atoms with Gasteiger partial charge in [0.1, 0.15) is 5.82 Å². The van der Waals surface area contributed by atoms with E-state index in [-0.39, 0.29) is 11.1 Å². The topological polar surface area (TPSA) is 9.23 Å². The molecule has 1 aliphatic carbocycles. The van der Waals surface area contributed by atoms with Crippen molar-refractivity contribution in [3.8, 4) is 28.0 Å². The monoisotopic (exact) mass is 404 g/mol. The van der Waals surface area contributed by atoms with Gasteiger partial charge in [-0.2, -0.15) is 0 Å². The van der Waals surface area contributed by atoms with Gasteiger partial charge in [-0.1, -0.05) is 43.3 Å². The second kappa shape index (κ2) is 7.17. The number of fused-ring (bicyclic) bond motifs is 3. The van der Waals surface area contributed by atoms with Gasteiger partial charge >= 0.3 is 6.36 Å². The van der Waals surface area contributed by atoms with Crippen LogP contribution in [0.15, 0.2) is 48.5 Å². The molecule has 0 aromatic heterocycles. The second-order valence-corrected chi connectivity index (χ2v) is 6.99. The Kier molecular flexibility index (Phi) is 4.81. The molecule has 4 rings (SSSR count). The van der Waals surface area contributed by atoms with Crippen LogP contribution in [0.4, 0.5) is 22.0 Å². The van der Waals surface area contributed by atoms with E-state index < -0.39 is 23.7 Å². The standard InChI is InChI=1S/C23H17F5O/c1-2-13-3-6-16-14(11-13)4-7-19-18(16)9-8-17(22(19)25)15-5-10-21(20(24)12-15)29-23(26,27)28/h3,5-6,8-12H,2,4,7H2,1H3. The summed E-state index contributed by atoms with van der Waals surface area (Å²) in [5, 5.41) is 0. The molecule has 0 N–H and O–H groups in total. The fourth-order valence-corrected chi connectivity index (χ4v) is 3.81. The lowest BCUT2D eigenvalue weighted by molar-refractivity contribution is -0.275. The minimum absolute atomic E-state index is 0.148. The van der Waals surface area contributed by atoms with Gasteiger partial charge in [-0.15, -0.1) is 13.2 Å². The number of hydrogen-bond acceptors (Lipinski definition) is 1. The van der Waals surface area contributed by atoms with Crippen molar-refractivity contribution >= 4 is 0 Å². The maximum atomic E-state index is 15.2. The van der Waals surface area contributed by atoms with Gasteiger partial charge in [0.2, 0.25) is 0 Å². The van der Waals surface area contributed by atoms with E-state index in [1.54, 1.807) is 6.07 Å². The molecule has 0 saturated carbocycles. The summed E-state index contributed by atoms with van der Waals surface area (Å²) >= 11 is 0. The quantitative estimate of drug-likeness (QED) is 0.434. The van der Waals surface area contributed by atoms with E-state index in [0.717, 1.165) is 29.7 Å². The lowest BCUT2D eigenvalue weighted by Gasteiger charge is -2.22. The zero-order chi connectivity index (χ0) is 20.8. The van der Waals surface area contributed by atoms with Crippen LogP contribution in [0.3, 0.4) is 0 Å². The molecule has 3 aromatic rings. The van der Waals surface area contributed by atoms with E-state index in [2.05, 4.69) is 17.7 Å². The number of alkyl halides is 3. The summed E-state index contributed by atoms with van der Waals surface area (Å²) in [5.74, 6) is -2.62.